The fraction of sp³-hybridized carbons (Fsp3) is 0. The molecule has 0 radical (unpaired) electrons. The summed E-state index contributed by atoms with van der Waals surface area (Å²) in [6.45, 7) is 3.42. The molecule has 12 heavy (non-hydrogen) atoms. The zero-order valence-electron chi connectivity index (χ0n) is 6.38. The lowest BCUT2D eigenvalue weighted by molar-refractivity contribution is 0.482. The maximum Gasteiger partial charge on any atom is 0.160 e. The molecular formula is C10H7ClO. The first kappa shape index (κ1) is 8.70. The molecule has 1 nitrogen and oxygen atoms in total. The first-order chi connectivity index (χ1) is 5.79. The van der Waals surface area contributed by atoms with Crippen LogP contribution in [0.25, 0.3) is 0 Å². The number of ether oxygens (including phenoxy) is 1. The summed E-state index contributed by atoms with van der Waals surface area (Å²) in [5, 5.41) is 0.491. The summed E-state index contributed by atoms with van der Waals surface area (Å²) in [6, 6.07) is 5.24. The van der Waals surface area contributed by atoms with E-state index in [1.54, 1.807) is 18.2 Å². The van der Waals surface area contributed by atoms with E-state index in [4.69, 9.17) is 22.8 Å². The van der Waals surface area contributed by atoms with E-state index in [9.17, 15) is 0 Å². The van der Waals surface area contributed by atoms with Gasteiger partial charge in [0, 0.05) is 0 Å². The van der Waals surface area contributed by atoms with Gasteiger partial charge in [0.2, 0.25) is 0 Å². The van der Waals surface area contributed by atoms with Crippen molar-refractivity contribution in [1.29, 1.82) is 0 Å². The topological polar surface area (TPSA) is 9.23 Å². The normalized spacial score (nSPS) is 8.67. The summed E-state index contributed by atoms with van der Waals surface area (Å²) in [6.07, 6.45) is 6.52. The van der Waals surface area contributed by atoms with Gasteiger partial charge in [-0.3, -0.25) is 0 Å². The number of hydrogen-bond acceptors (Lipinski definition) is 1. The van der Waals surface area contributed by atoms with Crippen LogP contribution >= 0.6 is 11.6 Å². The number of halogens is 1. The van der Waals surface area contributed by atoms with E-state index in [1.165, 1.54) is 6.26 Å². The van der Waals surface area contributed by atoms with Gasteiger partial charge < -0.3 is 4.74 Å². The van der Waals surface area contributed by atoms with Gasteiger partial charge in [0.05, 0.1) is 16.8 Å². The molecule has 0 saturated carbocycles. The molecule has 0 aromatic heterocycles. The minimum Gasteiger partial charge on any atom is -0.463 e. The third kappa shape index (κ3) is 1.61. The number of terminal acetylenes is 1. The molecule has 60 valence electrons. The molecule has 0 N–H and O–H groups in total. The fourth-order valence-corrected chi connectivity index (χ4v) is 1.04. The Labute approximate surface area is 76.6 Å². The van der Waals surface area contributed by atoms with Crippen molar-refractivity contribution in [2.45, 2.75) is 0 Å². The highest BCUT2D eigenvalue weighted by molar-refractivity contribution is 6.32. The molecule has 0 saturated heterocycles. The molecule has 1 rings (SSSR count). The third-order valence-corrected chi connectivity index (χ3v) is 1.62. The first-order valence-corrected chi connectivity index (χ1v) is 3.70. The summed E-state index contributed by atoms with van der Waals surface area (Å²) < 4.78 is 5.05. The lowest BCUT2D eigenvalue weighted by Gasteiger charge is -2.04. The maximum atomic E-state index is 5.82. The maximum absolute atomic E-state index is 5.82. The SMILES string of the molecule is C#Cc1cccc(Cl)c1OC=C. The van der Waals surface area contributed by atoms with E-state index in [0.717, 1.165) is 0 Å². The van der Waals surface area contributed by atoms with E-state index in [2.05, 4.69) is 12.5 Å². The van der Waals surface area contributed by atoms with Crippen LogP contribution in [0.2, 0.25) is 5.02 Å². The molecule has 0 fully saturated rings. The molecule has 0 spiro atoms. The molecule has 0 atom stereocenters. The van der Waals surface area contributed by atoms with Crippen molar-refractivity contribution in [2.24, 2.45) is 0 Å². The average molecular weight is 179 g/mol. The van der Waals surface area contributed by atoms with Crippen LogP contribution in [0.4, 0.5) is 0 Å². The van der Waals surface area contributed by atoms with Crippen LogP contribution in [0.15, 0.2) is 31.0 Å². The molecule has 2 heteroatoms. The van der Waals surface area contributed by atoms with Crippen molar-refractivity contribution in [3.63, 3.8) is 0 Å². The Morgan fingerprint density at radius 1 is 1.58 bits per heavy atom. The van der Waals surface area contributed by atoms with Crippen LogP contribution in [-0.2, 0) is 0 Å². The van der Waals surface area contributed by atoms with Gasteiger partial charge in [-0.1, -0.05) is 30.2 Å². The van der Waals surface area contributed by atoms with E-state index in [1.807, 2.05) is 0 Å². The van der Waals surface area contributed by atoms with E-state index in [-0.39, 0.29) is 0 Å². The third-order valence-electron chi connectivity index (χ3n) is 1.32. The van der Waals surface area contributed by atoms with Gasteiger partial charge >= 0.3 is 0 Å². The van der Waals surface area contributed by atoms with Crippen LogP contribution in [-0.4, -0.2) is 0 Å². The second-order valence-electron chi connectivity index (χ2n) is 2.05. The second kappa shape index (κ2) is 3.85. The van der Waals surface area contributed by atoms with Crippen molar-refractivity contribution in [3.8, 4) is 18.1 Å². The van der Waals surface area contributed by atoms with Crippen LogP contribution in [0.1, 0.15) is 5.56 Å². The highest BCUT2D eigenvalue weighted by Gasteiger charge is 2.03. The molecule has 1 aromatic rings. The summed E-state index contributed by atoms with van der Waals surface area (Å²) in [7, 11) is 0. The summed E-state index contributed by atoms with van der Waals surface area (Å²) in [5.41, 5.74) is 0.627. The molecule has 0 bridgehead atoms. The van der Waals surface area contributed by atoms with Crippen LogP contribution < -0.4 is 4.74 Å². The van der Waals surface area contributed by atoms with Crippen molar-refractivity contribution in [1.82, 2.24) is 0 Å². The Kier molecular flexibility index (Phi) is 2.79. The highest BCUT2D eigenvalue weighted by Crippen LogP contribution is 2.27. The quantitative estimate of drug-likeness (QED) is 0.500. The minimum atomic E-state index is 0.483. The van der Waals surface area contributed by atoms with Gasteiger partial charge in [-0.05, 0) is 12.1 Å². The monoisotopic (exact) mass is 178 g/mol. The minimum absolute atomic E-state index is 0.483. The Bertz CT molecular complexity index is 336. The van der Waals surface area contributed by atoms with Gasteiger partial charge in [-0.15, -0.1) is 6.42 Å². The van der Waals surface area contributed by atoms with Crippen molar-refractivity contribution in [2.75, 3.05) is 0 Å². The van der Waals surface area contributed by atoms with Crippen molar-refractivity contribution >= 4 is 11.6 Å². The Balaban J connectivity index is 3.21. The number of hydrogen-bond donors (Lipinski definition) is 0. The number of rotatable bonds is 2. The number of para-hydroxylation sites is 1. The Morgan fingerprint density at radius 3 is 2.92 bits per heavy atom. The van der Waals surface area contributed by atoms with Crippen LogP contribution in [0.3, 0.4) is 0 Å². The van der Waals surface area contributed by atoms with Crippen LogP contribution in [0.5, 0.6) is 5.75 Å². The van der Waals surface area contributed by atoms with Gasteiger partial charge in [0.1, 0.15) is 0 Å². The smallest absolute Gasteiger partial charge is 0.160 e. The predicted octanol–water partition coefficient (Wildman–Crippen LogP) is 2.84. The Morgan fingerprint density at radius 2 is 2.33 bits per heavy atom. The summed E-state index contributed by atoms with van der Waals surface area (Å²) in [5.74, 6) is 2.95. The zero-order chi connectivity index (χ0) is 8.97. The van der Waals surface area contributed by atoms with E-state index in [0.29, 0.717) is 16.3 Å². The van der Waals surface area contributed by atoms with E-state index >= 15 is 0 Å². The molecule has 0 amide bonds. The summed E-state index contributed by atoms with van der Waals surface area (Å²) >= 11 is 5.82. The second-order valence-corrected chi connectivity index (χ2v) is 2.45. The zero-order valence-corrected chi connectivity index (χ0v) is 7.14. The van der Waals surface area contributed by atoms with Gasteiger partial charge in [0.25, 0.3) is 0 Å². The standard InChI is InChI=1S/C10H7ClO/c1-3-8-6-5-7-9(11)10(8)12-4-2/h1,4-7H,2H2. The largest absolute Gasteiger partial charge is 0.463 e. The lowest BCUT2D eigenvalue weighted by Crippen LogP contribution is -1.86. The molecule has 1 aromatic carbocycles. The van der Waals surface area contributed by atoms with Gasteiger partial charge in [-0.25, -0.2) is 0 Å². The fourth-order valence-electron chi connectivity index (χ4n) is 0.826. The van der Waals surface area contributed by atoms with Gasteiger partial charge in [-0.2, -0.15) is 0 Å². The van der Waals surface area contributed by atoms with Crippen molar-refractivity contribution in [3.05, 3.63) is 41.6 Å². The van der Waals surface area contributed by atoms with Crippen LogP contribution in [0, 0.1) is 12.3 Å². The van der Waals surface area contributed by atoms with E-state index < -0.39 is 0 Å². The Hall–Kier alpha value is -1.39. The highest BCUT2D eigenvalue weighted by atomic mass is 35.5. The first-order valence-electron chi connectivity index (χ1n) is 3.32. The molecule has 0 aliphatic carbocycles. The summed E-state index contributed by atoms with van der Waals surface area (Å²) in [4.78, 5) is 0. The molecule has 0 aliphatic rings. The molecule has 0 heterocycles. The molecule has 0 aliphatic heterocycles. The molecule has 0 unspecified atom stereocenters. The molecular weight excluding hydrogens is 172 g/mol. The number of benzene rings is 1. The average Bonchev–Trinajstić information content (AvgIpc) is 2.09. The van der Waals surface area contributed by atoms with Gasteiger partial charge in [0.15, 0.2) is 5.75 Å². The lowest BCUT2D eigenvalue weighted by atomic mass is 10.2. The predicted molar refractivity (Wildman–Crippen MR) is 50.2 cm³/mol. The van der Waals surface area contributed by atoms with Crippen molar-refractivity contribution < 1.29 is 4.74 Å².